The monoisotopic (exact) mass is 332 g/mol. The van der Waals surface area contributed by atoms with Gasteiger partial charge in [-0.25, -0.2) is 4.39 Å². The van der Waals surface area contributed by atoms with Crippen molar-refractivity contribution < 1.29 is 13.7 Å². The Morgan fingerprint density at radius 3 is 2.67 bits per heavy atom. The predicted molar refractivity (Wildman–Crippen MR) is 88.0 cm³/mol. The zero-order valence-corrected chi connectivity index (χ0v) is 14.1. The van der Waals surface area contributed by atoms with Gasteiger partial charge in [0.15, 0.2) is 5.82 Å². The van der Waals surface area contributed by atoms with Crippen LogP contribution in [0, 0.1) is 5.82 Å². The maximum absolute atomic E-state index is 14.4. The molecule has 0 saturated carbocycles. The first-order chi connectivity index (χ1) is 11.4. The molecule has 0 spiro atoms. The van der Waals surface area contributed by atoms with Crippen LogP contribution in [0.15, 0.2) is 22.7 Å². The van der Waals surface area contributed by atoms with Gasteiger partial charge in [0.1, 0.15) is 5.82 Å². The van der Waals surface area contributed by atoms with E-state index in [1.807, 2.05) is 4.90 Å². The summed E-state index contributed by atoms with van der Waals surface area (Å²) in [5.74, 6) is 0.0923. The van der Waals surface area contributed by atoms with Gasteiger partial charge in [-0.2, -0.15) is 4.98 Å². The summed E-state index contributed by atoms with van der Waals surface area (Å²) >= 11 is 0. The molecule has 1 aromatic heterocycles. The molecule has 2 heterocycles. The second kappa shape index (κ2) is 6.22. The Balaban J connectivity index is 1.85. The van der Waals surface area contributed by atoms with Crippen LogP contribution in [-0.4, -0.2) is 29.1 Å². The molecule has 1 N–H and O–H groups in total. The first-order valence-corrected chi connectivity index (χ1v) is 8.04. The number of anilines is 1. The zero-order valence-electron chi connectivity index (χ0n) is 14.1. The lowest BCUT2D eigenvalue weighted by Crippen LogP contribution is -2.40. The van der Waals surface area contributed by atoms with Crippen LogP contribution in [0.4, 0.5) is 10.1 Å². The summed E-state index contributed by atoms with van der Waals surface area (Å²) in [5.41, 5.74) is 0.365. The molecule has 1 fully saturated rings. The number of rotatable bonds is 4. The Hall–Kier alpha value is -2.44. The van der Waals surface area contributed by atoms with Crippen LogP contribution in [-0.2, 0) is 10.3 Å². The van der Waals surface area contributed by atoms with E-state index in [-0.39, 0.29) is 17.6 Å². The summed E-state index contributed by atoms with van der Waals surface area (Å²) in [6.45, 7) is 6.74. The molecule has 1 aliphatic rings. The molecule has 1 saturated heterocycles. The lowest BCUT2D eigenvalue weighted by molar-refractivity contribution is -0.120. The maximum atomic E-state index is 14.4. The number of hydrogen-bond acceptors (Lipinski definition) is 5. The molecule has 0 aliphatic carbocycles. The average molecular weight is 332 g/mol. The van der Waals surface area contributed by atoms with Gasteiger partial charge in [-0.05, 0) is 44.9 Å². The normalized spacial score (nSPS) is 14.9. The van der Waals surface area contributed by atoms with E-state index < -0.39 is 5.54 Å². The van der Waals surface area contributed by atoms with Gasteiger partial charge in [0.25, 0.3) is 5.89 Å². The van der Waals surface area contributed by atoms with Gasteiger partial charge in [-0.3, -0.25) is 4.79 Å². The molecule has 0 bridgehead atoms. The highest BCUT2D eigenvalue weighted by Gasteiger charge is 2.28. The van der Waals surface area contributed by atoms with Crippen molar-refractivity contribution in [1.29, 1.82) is 0 Å². The Morgan fingerprint density at radius 2 is 2.04 bits per heavy atom. The lowest BCUT2D eigenvalue weighted by atomic mass is 10.1. The highest BCUT2D eigenvalue weighted by atomic mass is 19.1. The lowest BCUT2D eigenvalue weighted by Gasteiger charge is -2.20. The van der Waals surface area contributed by atoms with Crippen LogP contribution in [0.3, 0.4) is 0 Å². The van der Waals surface area contributed by atoms with Crippen LogP contribution in [0.25, 0.3) is 11.5 Å². The third-order valence-corrected chi connectivity index (χ3v) is 4.11. The zero-order chi connectivity index (χ0) is 17.3. The Bertz CT molecular complexity index is 751. The van der Waals surface area contributed by atoms with Crippen LogP contribution in [0.2, 0.25) is 0 Å². The van der Waals surface area contributed by atoms with Crippen LogP contribution < -0.4 is 10.2 Å². The minimum atomic E-state index is -0.762. The SMILES string of the molecule is CC(=O)NC(C)(C)c1noc(-c2ccc(N3CCCC3)c(F)c2)n1. The number of nitrogens with one attached hydrogen (secondary N) is 1. The van der Waals surface area contributed by atoms with Crippen LogP contribution >= 0.6 is 0 Å². The third-order valence-electron chi connectivity index (χ3n) is 4.11. The number of carbonyl (C=O) groups excluding carboxylic acids is 1. The number of benzene rings is 1. The molecule has 1 aliphatic heterocycles. The molecule has 3 rings (SSSR count). The number of amides is 1. The number of halogens is 1. The van der Waals surface area contributed by atoms with Crippen molar-refractivity contribution in [3.63, 3.8) is 0 Å². The summed E-state index contributed by atoms with van der Waals surface area (Å²) in [5, 5.41) is 6.67. The Kier molecular flexibility index (Phi) is 4.26. The van der Waals surface area contributed by atoms with Crippen molar-refractivity contribution in [2.24, 2.45) is 0 Å². The molecule has 7 heteroatoms. The van der Waals surface area contributed by atoms with E-state index in [2.05, 4.69) is 15.5 Å². The van der Waals surface area contributed by atoms with E-state index in [9.17, 15) is 9.18 Å². The fourth-order valence-electron chi connectivity index (χ4n) is 2.94. The van der Waals surface area contributed by atoms with E-state index in [0.717, 1.165) is 25.9 Å². The van der Waals surface area contributed by atoms with Gasteiger partial charge < -0.3 is 14.7 Å². The Labute approximate surface area is 140 Å². The van der Waals surface area contributed by atoms with Gasteiger partial charge in [0.2, 0.25) is 5.91 Å². The first-order valence-electron chi connectivity index (χ1n) is 8.04. The number of hydrogen-bond donors (Lipinski definition) is 1. The molecule has 1 aromatic carbocycles. The third kappa shape index (κ3) is 3.25. The maximum Gasteiger partial charge on any atom is 0.258 e. The number of aromatic nitrogens is 2. The highest BCUT2D eigenvalue weighted by Crippen LogP contribution is 2.29. The van der Waals surface area contributed by atoms with Gasteiger partial charge in [0.05, 0.1) is 11.2 Å². The van der Waals surface area contributed by atoms with Crippen LogP contribution in [0.5, 0.6) is 0 Å². The summed E-state index contributed by atoms with van der Waals surface area (Å²) in [7, 11) is 0. The van der Waals surface area contributed by atoms with E-state index in [4.69, 9.17) is 4.52 Å². The minimum Gasteiger partial charge on any atom is -0.369 e. The van der Waals surface area contributed by atoms with Gasteiger partial charge in [0, 0.05) is 25.6 Å². The molecule has 6 nitrogen and oxygen atoms in total. The van der Waals surface area contributed by atoms with Gasteiger partial charge >= 0.3 is 0 Å². The number of nitrogens with zero attached hydrogens (tertiary/aromatic N) is 3. The second-order valence-corrected chi connectivity index (χ2v) is 6.59. The fraction of sp³-hybridized carbons (Fsp3) is 0.471. The molecular formula is C17H21FN4O2. The smallest absolute Gasteiger partial charge is 0.258 e. The van der Waals surface area contributed by atoms with E-state index >= 15 is 0 Å². The fourth-order valence-corrected chi connectivity index (χ4v) is 2.94. The molecule has 0 radical (unpaired) electrons. The number of carbonyl (C=O) groups is 1. The first kappa shape index (κ1) is 16.4. The quantitative estimate of drug-likeness (QED) is 0.932. The molecular weight excluding hydrogens is 311 g/mol. The van der Waals surface area contributed by atoms with Crippen molar-refractivity contribution in [3.05, 3.63) is 29.8 Å². The topological polar surface area (TPSA) is 71.3 Å². The molecule has 0 atom stereocenters. The highest BCUT2D eigenvalue weighted by molar-refractivity contribution is 5.73. The van der Waals surface area contributed by atoms with E-state index in [1.54, 1.807) is 26.0 Å². The second-order valence-electron chi connectivity index (χ2n) is 6.59. The summed E-state index contributed by atoms with van der Waals surface area (Å²) in [6.07, 6.45) is 2.18. The summed E-state index contributed by atoms with van der Waals surface area (Å²) < 4.78 is 19.7. The molecule has 24 heavy (non-hydrogen) atoms. The van der Waals surface area contributed by atoms with Crippen molar-refractivity contribution in [2.45, 2.75) is 39.2 Å². The van der Waals surface area contributed by atoms with E-state index in [0.29, 0.717) is 17.1 Å². The van der Waals surface area contributed by atoms with Crippen molar-refractivity contribution in [1.82, 2.24) is 15.5 Å². The van der Waals surface area contributed by atoms with Crippen molar-refractivity contribution in [2.75, 3.05) is 18.0 Å². The molecule has 128 valence electrons. The predicted octanol–water partition coefficient (Wildman–Crippen LogP) is 2.85. The largest absolute Gasteiger partial charge is 0.369 e. The molecule has 2 aromatic rings. The standard InChI is InChI=1S/C17H21FN4O2/c1-11(23)20-17(2,3)16-19-15(24-21-16)12-6-7-14(13(18)10-12)22-8-4-5-9-22/h6-7,10H,4-5,8-9H2,1-3H3,(H,20,23). The molecule has 1 amide bonds. The van der Waals surface area contributed by atoms with Gasteiger partial charge in [-0.1, -0.05) is 5.16 Å². The summed E-state index contributed by atoms with van der Waals surface area (Å²) in [6, 6.07) is 4.94. The average Bonchev–Trinajstić information content (AvgIpc) is 3.18. The van der Waals surface area contributed by atoms with Crippen molar-refractivity contribution >= 4 is 11.6 Å². The minimum absolute atomic E-state index is 0.188. The van der Waals surface area contributed by atoms with E-state index in [1.165, 1.54) is 13.0 Å². The summed E-state index contributed by atoms with van der Waals surface area (Å²) in [4.78, 5) is 17.6. The van der Waals surface area contributed by atoms with Gasteiger partial charge in [-0.15, -0.1) is 0 Å². The van der Waals surface area contributed by atoms with Crippen LogP contribution in [0.1, 0.15) is 39.4 Å². The van der Waals surface area contributed by atoms with Crippen molar-refractivity contribution in [3.8, 4) is 11.5 Å². The molecule has 0 unspecified atom stereocenters. The Morgan fingerprint density at radius 1 is 1.33 bits per heavy atom.